The molecule has 0 fully saturated rings. The minimum absolute atomic E-state index is 0.0961. The van der Waals surface area contributed by atoms with Gasteiger partial charge in [0.25, 0.3) is 0 Å². The monoisotopic (exact) mass is 301 g/mol. The number of halogens is 1. The first-order valence-electron chi connectivity index (χ1n) is 6.84. The molecule has 2 rings (SSSR count). The standard InChI is InChI=1S/C16H16FN3O2/c17-13-4-1-5-14(10-13)19-16(21)12-20(8-3-7-18)11-15-6-2-9-22-15/h1-2,4-6,9-10H,3,8,11-12H2,(H,19,21). The molecule has 0 atom stereocenters. The van der Waals surface area contributed by atoms with E-state index in [1.807, 2.05) is 6.07 Å². The van der Waals surface area contributed by atoms with E-state index in [1.165, 1.54) is 18.2 Å². The molecule has 0 spiro atoms. The molecule has 0 aliphatic heterocycles. The van der Waals surface area contributed by atoms with E-state index < -0.39 is 5.82 Å². The molecule has 114 valence electrons. The molecule has 0 aliphatic rings. The van der Waals surface area contributed by atoms with Crippen LogP contribution >= 0.6 is 0 Å². The summed E-state index contributed by atoms with van der Waals surface area (Å²) in [5.74, 6) is 0.0429. The molecule has 0 aliphatic carbocycles. The zero-order valence-electron chi connectivity index (χ0n) is 12.0. The van der Waals surface area contributed by atoms with Crippen molar-refractivity contribution < 1.29 is 13.6 Å². The van der Waals surface area contributed by atoms with Gasteiger partial charge in [-0.25, -0.2) is 4.39 Å². The summed E-state index contributed by atoms with van der Waals surface area (Å²) in [4.78, 5) is 13.8. The largest absolute Gasteiger partial charge is 0.468 e. The Balaban J connectivity index is 1.93. The molecule has 0 bridgehead atoms. The molecule has 0 saturated carbocycles. The highest BCUT2D eigenvalue weighted by molar-refractivity contribution is 5.92. The highest BCUT2D eigenvalue weighted by Crippen LogP contribution is 2.10. The van der Waals surface area contributed by atoms with Crippen LogP contribution in [-0.2, 0) is 11.3 Å². The van der Waals surface area contributed by atoms with Crippen LogP contribution in [0.4, 0.5) is 10.1 Å². The van der Waals surface area contributed by atoms with Crippen LogP contribution in [0, 0.1) is 17.1 Å². The number of carbonyl (C=O) groups excluding carboxylic acids is 1. The zero-order chi connectivity index (χ0) is 15.8. The SMILES string of the molecule is N#CCCN(CC(=O)Nc1cccc(F)c1)Cc1ccco1. The maximum Gasteiger partial charge on any atom is 0.238 e. The van der Waals surface area contributed by atoms with E-state index in [2.05, 4.69) is 11.4 Å². The highest BCUT2D eigenvalue weighted by Gasteiger charge is 2.13. The smallest absolute Gasteiger partial charge is 0.238 e. The number of furan rings is 1. The van der Waals surface area contributed by atoms with Crippen molar-refractivity contribution in [1.29, 1.82) is 5.26 Å². The number of anilines is 1. The summed E-state index contributed by atoms with van der Waals surface area (Å²) in [5, 5.41) is 11.3. The van der Waals surface area contributed by atoms with Crippen molar-refractivity contribution in [1.82, 2.24) is 4.90 Å². The van der Waals surface area contributed by atoms with E-state index in [9.17, 15) is 9.18 Å². The predicted molar refractivity (Wildman–Crippen MR) is 79.2 cm³/mol. The lowest BCUT2D eigenvalue weighted by atomic mass is 10.3. The molecule has 0 unspecified atom stereocenters. The Bertz CT molecular complexity index is 650. The maximum absolute atomic E-state index is 13.1. The number of hydrogen-bond acceptors (Lipinski definition) is 4. The number of hydrogen-bond donors (Lipinski definition) is 1. The Kier molecular flexibility index (Phi) is 5.69. The first-order chi connectivity index (χ1) is 10.7. The van der Waals surface area contributed by atoms with Crippen LogP contribution in [0.1, 0.15) is 12.2 Å². The summed E-state index contributed by atoms with van der Waals surface area (Å²) in [6.07, 6.45) is 1.87. The van der Waals surface area contributed by atoms with Crippen molar-refractivity contribution in [3.05, 3.63) is 54.2 Å². The number of benzene rings is 1. The van der Waals surface area contributed by atoms with Crippen molar-refractivity contribution in [2.75, 3.05) is 18.4 Å². The van der Waals surface area contributed by atoms with Crippen LogP contribution in [0.2, 0.25) is 0 Å². The van der Waals surface area contributed by atoms with E-state index in [0.717, 1.165) is 5.76 Å². The third-order valence-corrected chi connectivity index (χ3v) is 2.97. The molecule has 1 amide bonds. The fourth-order valence-corrected chi connectivity index (χ4v) is 2.01. The topological polar surface area (TPSA) is 69.3 Å². The Morgan fingerprint density at radius 1 is 1.36 bits per heavy atom. The van der Waals surface area contributed by atoms with Crippen LogP contribution in [0.3, 0.4) is 0 Å². The molecular weight excluding hydrogens is 285 g/mol. The molecule has 1 N–H and O–H groups in total. The first-order valence-corrected chi connectivity index (χ1v) is 6.84. The van der Waals surface area contributed by atoms with Gasteiger partial charge in [0.1, 0.15) is 11.6 Å². The van der Waals surface area contributed by atoms with Crippen molar-refractivity contribution >= 4 is 11.6 Å². The molecule has 5 nitrogen and oxygen atoms in total. The van der Waals surface area contributed by atoms with Crippen molar-refractivity contribution in [3.8, 4) is 6.07 Å². The van der Waals surface area contributed by atoms with Gasteiger partial charge in [0.05, 0.1) is 25.4 Å². The highest BCUT2D eigenvalue weighted by atomic mass is 19.1. The Labute approximate surface area is 128 Å². The average Bonchev–Trinajstić information content (AvgIpc) is 2.97. The average molecular weight is 301 g/mol. The lowest BCUT2D eigenvalue weighted by molar-refractivity contribution is -0.117. The predicted octanol–water partition coefficient (Wildman–Crippen LogP) is 2.77. The van der Waals surface area contributed by atoms with Crippen LogP contribution < -0.4 is 5.32 Å². The number of rotatable bonds is 7. The third-order valence-electron chi connectivity index (χ3n) is 2.97. The lowest BCUT2D eigenvalue weighted by Gasteiger charge is -2.19. The van der Waals surface area contributed by atoms with Crippen LogP contribution in [0.5, 0.6) is 0 Å². The van der Waals surface area contributed by atoms with Crippen LogP contribution in [0.25, 0.3) is 0 Å². The Morgan fingerprint density at radius 3 is 2.91 bits per heavy atom. The quantitative estimate of drug-likeness (QED) is 0.853. The minimum atomic E-state index is -0.408. The van der Waals surface area contributed by atoms with Gasteiger partial charge in [-0.15, -0.1) is 0 Å². The van der Waals surface area contributed by atoms with Gasteiger partial charge in [-0.2, -0.15) is 5.26 Å². The maximum atomic E-state index is 13.1. The van der Waals surface area contributed by atoms with E-state index in [-0.39, 0.29) is 12.5 Å². The van der Waals surface area contributed by atoms with Gasteiger partial charge >= 0.3 is 0 Å². The zero-order valence-corrected chi connectivity index (χ0v) is 12.0. The van der Waals surface area contributed by atoms with Crippen molar-refractivity contribution in [2.45, 2.75) is 13.0 Å². The Morgan fingerprint density at radius 2 is 2.23 bits per heavy atom. The number of nitriles is 1. The number of carbonyl (C=O) groups is 1. The summed E-state index contributed by atoms with van der Waals surface area (Å²) >= 11 is 0. The van der Waals surface area contributed by atoms with Gasteiger partial charge in [-0.05, 0) is 30.3 Å². The van der Waals surface area contributed by atoms with Crippen LogP contribution in [0.15, 0.2) is 47.1 Å². The summed E-state index contributed by atoms with van der Waals surface area (Å²) < 4.78 is 18.3. The molecule has 2 aromatic rings. The van der Waals surface area contributed by atoms with Gasteiger partial charge in [-0.1, -0.05) is 6.07 Å². The molecule has 1 aromatic heterocycles. The van der Waals surface area contributed by atoms with Gasteiger partial charge in [0, 0.05) is 18.7 Å². The summed E-state index contributed by atoms with van der Waals surface area (Å²) in [6.45, 7) is 0.984. The van der Waals surface area contributed by atoms with Gasteiger partial charge < -0.3 is 9.73 Å². The van der Waals surface area contributed by atoms with E-state index >= 15 is 0 Å². The molecule has 1 aromatic carbocycles. The molecule has 6 heteroatoms. The molecule has 0 radical (unpaired) electrons. The molecule has 22 heavy (non-hydrogen) atoms. The van der Waals surface area contributed by atoms with E-state index in [4.69, 9.17) is 9.68 Å². The van der Waals surface area contributed by atoms with Gasteiger partial charge in [-0.3, -0.25) is 9.69 Å². The van der Waals surface area contributed by atoms with Crippen molar-refractivity contribution in [2.24, 2.45) is 0 Å². The molecular formula is C16H16FN3O2. The van der Waals surface area contributed by atoms with E-state index in [0.29, 0.717) is 25.2 Å². The number of amides is 1. The number of nitrogens with one attached hydrogen (secondary N) is 1. The van der Waals surface area contributed by atoms with Crippen molar-refractivity contribution in [3.63, 3.8) is 0 Å². The third kappa shape index (κ3) is 5.04. The lowest BCUT2D eigenvalue weighted by Crippen LogP contribution is -2.33. The second kappa shape index (κ2) is 7.96. The van der Waals surface area contributed by atoms with Gasteiger partial charge in [0.2, 0.25) is 5.91 Å². The van der Waals surface area contributed by atoms with Crippen LogP contribution in [-0.4, -0.2) is 23.9 Å². The summed E-state index contributed by atoms with van der Waals surface area (Å²) in [7, 11) is 0. The number of nitrogens with zero attached hydrogens (tertiary/aromatic N) is 2. The van der Waals surface area contributed by atoms with E-state index in [1.54, 1.807) is 23.3 Å². The van der Waals surface area contributed by atoms with Gasteiger partial charge in [0.15, 0.2) is 0 Å². The Hall–Kier alpha value is -2.65. The first kappa shape index (κ1) is 15.7. The summed E-state index contributed by atoms with van der Waals surface area (Å²) in [6, 6.07) is 11.3. The fraction of sp³-hybridized carbons (Fsp3) is 0.250. The minimum Gasteiger partial charge on any atom is -0.468 e. The second-order valence-electron chi connectivity index (χ2n) is 4.76. The second-order valence-corrected chi connectivity index (χ2v) is 4.76. The fourth-order valence-electron chi connectivity index (χ4n) is 2.01. The summed E-state index contributed by atoms with van der Waals surface area (Å²) in [5.41, 5.74) is 0.406. The molecule has 0 saturated heterocycles. The normalized spacial score (nSPS) is 10.4. The molecule has 1 heterocycles.